The molecule has 2 aromatic carbocycles. The third-order valence-electron chi connectivity index (χ3n) is 7.70. The van der Waals surface area contributed by atoms with E-state index in [4.69, 9.17) is 14.2 Å². The van der Waals surface area contributed by atoms with Crippen LogP contribution >= 0.6 is 0 Å². The molecule has 3 rings (SSSR count). The summed E-state index contributed by atoms with van der Waals surface area (Å²) in [6.07, 6.45) is 11.8. The predicted octanol–water partition coefficient (Wildman–Crippen LogP) is 6.29. The Morgan fingerprint density at radius 2 is 1.43 bits per heavy atom. The summed E-state index contributed by atoms with van der Waals surface area (Å²) >= 11 is 0. The van der Waals surface area contributed by atoms with Gasteiger partial charge in [0, 0.05) is 20.0 Å². The number of benzene rings is 2. The van der Waals surface area contributed by atoms with Crippen LogP contribution < -0.4 is 14.2 Å². The molecular formula is C33H46N2O5. The zero-order chi connectivity index (χ0) is 29.1. The molecule has 0 spiro atoms. The average molecular weight is 551 g/mol. The van der Waals surface area contributed by atoms with E-state index in [1.165, 1.54) is 12.8 Å². The van der Waals surface area contributed by atoms with E-state index < -0.39 is 12.1 Å². The van der Waals surface area contributed by atoms with Crippen molar-refractivity contribution in [3.8, 4) is 28.4 Å². The Kier molecular flexibility index (Phi) is 11.9. The van der Waals surface area contributed by atoms with Gasteiger partial charge in [0.05, 0.1) is 21.3 Å². The summed E-state index contributed by atoms with van der Waals surface area (Å²) in [6, 6.07) is 11.0. The molecule has 2 atom stereocenters. The second-order valence-electron chi connectivity index (χ2n) is 10.4. The first-order valence-corrected chi connectivity index (χ1v) is 14.5. The Hall–Kier alpha value is -3.48. The number of carbonyl (C=O) groups excluding carboxylic acids is 2. The molecule has 1 fully saturated rings. The first kappa shape index (κ1) is 31.1. The van der Waals surface area contributed by atoms with E-state index in [9.17, 15) is 9.59 Å². The molecule has 1 saturated heterocycles. The number of carbonyl (C=O) groups is 2. The molecule has 0 bridgehead atoms. The van der Waals surface area contributed by atoms with Crippen molar-refractivity contribution in [2.24, 2.45) is 0 Å². The first-order chi connectivity index (χ1) is 19.4. The fourth-order valence-electron chi connectivity index (χ4n) is 5.27. The summed E-state index contributed by atoms with van der Waals surface area (Å²) < 4.78 is 16.5. The van der Waals surface area contributed by atoms with Crippen LogP contribution in [-0.2, 0) is 16.0 Å². The smallest absolute Gasteiger partial charge is 0.246 e. The van der Waals surface area contributed by atoms with Crippen LogP contribution in [0.2, 0.25) is 0 Å². The highest BCUT2D eigenvalue weighted by Crippen LogP contribution is 2.41. The Morgan fingerprint density at radius 1 is 0.775 bits per heavy atom. The zero-order valence-electron chi connectivity index (χ0n) is 25.1. The highest BCUT2D eigenvalue weighted by atomic mass is 16.5. The number of rotatable bonds is 15. The fraction of sp³-hybridized carbons (Fsp3) is 0.515. The number of unbranched alkanes of at least 4 members (excludes halogenated alkanes) is 4. The van der Waals surface area contributed by atoms with Gasteiger partial charge in [-0.2, -0.15) is 0 Å². The van der Waals surface area contributed by atoms with Crippen LogP contribution in [0.5, 0.6) is 17.2 Å². The minimum absolute atomic E-state index is 0.0233. The predicted molar refractivity (Wildman–Crippen MR) is 160 cm³/mol. The van der Waals surface area contributed by atoms with Crippen LogP contribution in [-0.4, -0.2) is 68.6 Å². The molecule has 0 aliphatic carbocycles. The van der Waals surface area contributed by atoms with Gasteiger partial charge in [-0.15, -0.1) is 0 Å². The first-order valence-electron chi connectivity index (χ1n) is 14.5. The molecular weight excluding hydrogens is 504 g/mol. The lowest BCUT2D eigenvalue weighted by molar-refractivity contribution is -0.159. The molecule has 0 N–H and O–H groups in total. The zero-order valence-corrected chi connectivity index (χ0v) is 25.1. The molecule has 0 saturated carbocycles. The van der Waals surface area contributed by atoms with Crippen LogP contribution in [0.4, 0.5) is 0 Å². The quantitative estimate of drug-likeness (QED) is 0.193. The number of likely N-dealkylation sites (N-methyl/N-ethyl adjacent to an activating group) is 1. The fourth-order valence-corrected chi connectivity index (χ4v) is 5.27. The molecule has 0 aromatic heterocycles. The summed E-state index contributed by atoms with van der Waals surface area (Å²) in [5.41, 5.74) is 2.91. The normalized spacial score (nSPS) is 17.6. The number of piperazine rings is 1. The highest BCUT2D eigenvalue weighted by Gasteiger charge is 2.43. The third kappa shape index (κ3) is 7.38. The monoisotopic (exact) mass is 550 g/mol. The van der Waals surface area contributed by atoms with Gasteiger partial charge >= 0.3 is 0 Å². The molecule has 7 heteroatoms. The maximum absolute atomic E-state index is 13.8. The number of hydrogen-bond donors (Lipinski definition) is 0. The van der Waals surface area contributed by atoms with Crippen molar-refractivity contribution in [1.82, 2.24) is 9.80 Å². The largest absolute Gasteiger partial charge is 0.493 e. The van der Waals surface area contributed by atoms with Crippen molar-refractivity contribution >= 4 is 11.8 Å². The minimum Gasteiger partial charge on any atom is -0.493 e. The molecule has 1 heterocycles. The van der Waals surface area contributed by atoms with Gasteiger partial charge in [-0.1, -0.05) is 75.9 Å². The molecule has 2 aromatic rings. The lowest BCUT2D eigenvalue weighted by Gasteiger charge is -2.43. The van der Waals surface area contributed by atoms with Gasteiger partial charge < -0.3 is 24.0 Å². The number of allylic oxidation sites excluding steroid dienone is 1. The van der Waals surface area contributed by atoms with E-state index in [0.717, 1.165) is 42.4 Å². The van der Waals surface area contributed by atoms with E-state index in [0.29, 0.717) is 36.6 Å². The van der Waals surface area contributed by atoms with Crippen molar-refractivity contribution in [2.75, 3.05) is 34.9 Å². The van der Waals surface area contributed by atoms with Gasteiger partial charge in [0.15, 0.2) is 11.5 Å². The lowest BCUT2D eigenvalue weighted by atomic mass is 9.95. The van der Waals surface area contributed by atoms with Crippen molar-refractivity contribution in [3.05, 3.63) is 54.1 Å². The Morgan fingerprint density at radius 3 is 2.00 bits per heavy atom. The minimum atomic E-state index is -0.522. The summed E-state index contributed by atoms with van der Waals surface area (Å²) in [5.74, 6) is 1.78. The SMILES string of the molecule is CCCCC/C=C/CN1C(=O)C(Cc2ccc(-c3cc(OC)c(OC)c(OC)c3)cc2)N(C)C(=O)[C@@H]1CCCC. The Bertz CT molecular complexity index is 1120. The molecule has 218 valence electrons. The van der Waals surface area contributed by atoms with Gasteiger partial charge in [-0.25, -0.2) is 0 Å². The molecule has 7 nitrogen and oxygen atoms in total. The van der Waals surface area contributed by atoms with Crippen LogP contribution in [0.25, 0.3) is 11.1 Å². The van der Waals surface area contributed by atoms with Gasteiger partial charge in [0.25, 0.3) is 0 Å². The number of methoxy groups -OCH3 is 3. The van der Waals surface area contributed by atoms with Crippen LogP contribution in [0, 0.1) is 0 Å². The van der Waals surface area contributed by atoms with Crippen molar-refractivity contribution in [3.63, 3.8) is 0 Å². The van der Waals surface area contributed by atoms with Crippen molar-refractivity contribution < 1.29 is 23.8 Å². The summed E-state index contributed by atoms with van der Waals surface area (Å²) in [4.78, 5) is 30.7. The van der Waals surface area contributed by atoms with Gasteiger partial charge in [-0.3, -0.25) is 9.59 Å². The molecule has 1 unspecified atom stereocenters. The van der Waals surface area contributed by atoms with Gasteiger partial charge in [0.1, 0.15) is 12.1 Å². The topological polar surface area (TPSA) is 68.3 Å². The second-order valence-corrected chi connectivity index (χ2v) is 10.4. The average Bonchev–Trinajstić information content (AvgIpc) is 2.98. The van der Waals surface area contributed by atoms with E-state index in [2.05, 4.69) is 26.0 Å². The Balaban J connectivity index is 1.79. The maximum atomic E-state index is 13.8. The number of ether oxygens (including phenoxy) is 3. The van der Waals surface area contributed by atoms with E-state index in [-0.39, 0.29) is 11.8 Å². The second kappa shape index (κ2) is 15.3. The molecule has 0 radical (unpaired) electrons. The maximum Gasteiger partial charge on any atom is 0.246 e. The number of amides is 2. The van der Waals surface area contributed by atoms with E-state index in [1.54, 1.807) is 33.3 Å². The van der Waals surface area contributed by atoms with Gasteiger partial charge in [0.2, 0.25) is 17.6 Å². The Labute approximate surface area is 240 Å². The van der Waals surface area contributed by atoms with Crippen LogP contribution in [0.15, 0.2) is 48.6 Å². The van der Waals surface area contributed by atoms with Crippen molar-refractivity contribution in [1.29, 1.82) is 0 Å². The summed E-state index contributed by atoms with van der Waals surface area (Å²) in [5, 5.41) is 0. The lowest BCUT2D eigenvalue weighted by Crippen LogP contribution is -2.64. The molecule has 1 aliphatic rings. The molecule has 40 heavy (non-hydrogen) atoms. The van der Waals surface area contributed by atoms with Crippen LogP contribution in [0.1, 0.15) is 64.4 Å². The van der Waals surface area contributed by atoms with Gasteiger partial charge in [-0.05, 0) is 48.1 Å². The third-order valence-corrected chi connectivity index (χ3v) is 7.70. The van der Waals surface area contributed by atoms with E-state index in [1.807, 2.05) is 41.3 Å². The highest BCUT2D eigenvalue weighted by molar-refractivity contribution is 5.97. The van der Waals surface area contributed by atoms with Crippen molar-refractivity contribution in [2.45, 2.75) is 77.3 Å². The summed E-state index contributed by atoms with van der Waals surface area (Å²) in [6.45, 7) is 4.79. The number of nitrogens with zero attached hydrogens (tertiary/aromatic N) is 2. The summed E-state index contributed by atoms with van der Waals surface area (Å²) in [7, 11) is 6.55. The molecule has 2 amide bonds. The molecule has 1 aliphatic heterocycles. The number of hydrogen-bond acceptors (Lipinski definition) is 5. The van der Waals surface area contributed by atoms with Crippen LogP contribution in [0.3, 0.4) is 0 Å². The van der Waals surface area contributed by atoms with E-state index >= 15 is 0 Å². The standard InChI is InChI=1S/C33H46N2O5/c1-7-9-11-12-13-14-20-35-27(15-10-8-2)32(36)34(3)28(33(35)37)21-24-16-18-25(19-17-24)26-22-29(38-4)31(40-6)30(23-26)39-5/h13-14,16-19,22-23,27-28H,7-12,15,20-21H2,1-6H3/b14-13+/t27-,28?/m0/s1.